The zero-order valence-corrected chi connectivity index (χ0v) is 16.7. The largest absolute Gasteiger partial charge is 0.496 e. The zero-order chi connectivity index (χ0) is 20.4. The fourth-order valence-corrected chi connectivity index (χ4v) is 3.91. The van der Waals surface area contributed by atoms with Gasteiger partial charge in [-0.2, -0.15) is 5.10 Å². The number of likely N-dealkylation sites (tertiary alicyclic amines) is 1. The normalized spacial score (nSPS) is 16.8. The number of ether oxygens (including phenoxy) is 1. The smallest absolute Gasteiger partial charge is 0.323 e. The van der Waals surface area contributed by atoms with Crippen molar-refractivity contribution in [1.82, 2.24) is 15.1 Å². The van der Waals surface area contributed by atoms with E-state index in [0.717, 1.165) is 46.2 Å². The summed E-state index contributed by atoms with van der Waals surface area (Å²) in [5.74, 6) is 1.47. The number of aliphatic hydroxyl groups is 1. The van der Waals surface area contributed by atoms with E-state index in [1.54, 1.807) is 12.0 Å². The number of hydrogen-bond acceptors (Lipinski definition) is 4. The molecule has 1 aromatic heterocycles. The molecule has 3 aromatic rings. The lowest BCUT2D eigenvalue weighted by Crippen LogP contribution is -2.43. The molecule has 1 atom stereocenters. The van der Waals surface area contributed by atoms with Gasteiger partial charge in [0, 0.05) is 30.6 Å². The quantitative estimate of drug-likeness (QED) is 0.628. The number of aryl methyl sites for hydroxylation is 1. The van der Waals surface area contributed by atoms with Crippen LogP contribution in [0.1, 0.15) is 18.4 Å². The minimum atomic E-state index is -0.180. The van der Waals surface area contributed by atoms with Crippen LogP contribution in [0.25, 0.3) is 22.0 Å². The summed E-state index contributed by atoms with van der Waals surface area (Å²) in [6.45, 7) is 3.43. The van der Waals surface area contributed by atoms with Crippen LogP contribution in [-0.4, -0.2) is 53.0 Å². The number of fused-ring (bicyclic) bond motifs is 1. The number of rotatable bonds is 4. The standard InChI is InChI=1S/C22H26N4O3/c1-14-5-8-20(29-2)18(10-14)16-6-7-17-19(11-16)24-25-21(17)23-22(28)26-9-3-4-15(12-26)13-27/h5-8,10-11,15,27H,3-4,9,12-13H2,1-2H3,(H2,23,24,25,28). The highest BCUT2D eigenvalue weighted by Crippen LogP contribution is 2.33. The molecule has 0 saturated carbocycles. The number of benzene rings is 2. The molecule has 1 unspecified atom stereocenters. The van der Waals surface area contributed by atoms with Crippen molar-refractivity contribution in [3.05, 3.63) is 42.0 Å². The van der Waals surface area contributed by atoms with Gasteiger partial charge in [0.1, 0.15) is 5.75 Å². The molecule has 7 nitrogen and oxygen atoms in total. The lowest BCUT2D eigenvalue weighted by Gasteiger charge is -2.31. The van der Waals surface area contributed by atoms with E-state index in [2.05, 4.69) is 21.6 Å². The van der Waals surface area contributed by atoms with Crippen molar-refractivity contribution in [3.8, 4) is 16.9 Å². The molecule has 1 fully saturated rings. The first kappa shape index (κ1) is 19.3. The van der Waals surface area contributed by atoms with E-state index < -0.39 is 0 Å². The van der Waals surface area contributed by atoms with Crippen LogP contribution in [-0.2, 0) is 0 Å². The van der Waals surface area contributed by atoms with E-state index in [4.69, 9.17) is 4.74 Å². The number of nitrogens with zero attached hydrogens (tertiary/aromatic N) is 2. The van der Waals surface area contributed by atoms with E-state index in [0.29, 0.717) is 18.9 Å². The van der Waals surface area contributed by atoms with E-state index >= 15 is 0 Å². The second kappa shape index (κ2) is 8.13. The predicted molar refractivity (Wildman–Crippen MR) is 113 cm³/mol. The molecule has 3 N–H and O–H groups in total. The van der Waals surface area contributed by atoms with Crippen LogP contribution in [0, 0.1) is 12.8 Å². The SMILES string of the molecule is COc1ccc(C)cc1-c1ccc2c(NC(=O)N3CCCC(CO)C3)n[nH]c2c1. The Hall–Kier alpha value is -3.06. The van der Waals surface area contributed by atoms with E-state index in [-0.39, 0.29) is 18.6 Å². The highest BCUT2D eigenvalue weighted by molar-refractivity contribution is 6.00. The monoisotopic (exact) mass is 394 g/mol. The van der Waals surface area contributed by atoms with E-state index in [9.17, 15) is 9.90 Å². The number of H-pyrrole nitrogens is 1. The summed E-state index contributed by atoms with van der Waals surface area (Å²) in [5.41, 5.74) is 4.02. The first-order chi connectivity index (χ1) is 14.1. The Morgan fingerprint density at radius 3 is 3.00 bits per heavy atom. The summed E-state index contributed by atoms with van der Waals surface area (Å²) in [6.07, 6.45) is 1.86. The number of methoxy groups -OCH3 is 1. The van der Waals surface area contributed by atoms with Gasteiger partial charge in [-0.3, -0.25) is 10.4 Å². The molecular weight excluding hydrogens is 368 g/mol. The molecule has 4 rings (SSSR count). The highest BCUT2D eigenvalue weighted by Gasteiger charge is 2.24. The molecule has 2 heterocycles. The third-order valence-corrected chi connectivity index (χ3v) is 5.52. The summed E-state index contributed by atoms with van der Waals surface area (Å²) >= 11 is 0. The number of nitrogens with one attached hydrogen (secondary N) is 2. The topological polar surface area (TPSA) is 90.5 Å². The van der Waals surface area contributed by atoms with Gasteiger partial charge in [-0.15, -0.1) is 0 Å². The first-order valence-corrected chi connectivity index (χ1v) is 9.89. The molecule has 0 radical (unpaired) electrons. The number of aromatic amines is 1. The van der Waals surface area contributed by atoms with Crippen molar-refractivity contribution < 1.29 is 14.6 Å². The second-order valence-electron chi connectivity index (χ2n) is 7.60. The molecule has 7 heteroatoms. The van der Waals surface area contributed by atoms with Crippen LogP contribution in [0.5, 0.6) is 5.75 Å². The van der Waals surface area contributed by atoms with Crippen LogP contribution in [0.2, 0.25) is 0 Å². The Morgan fingerprint density at radius 2 is 2.21 bits per heavy atom. The van der Waals surface area contributed by atoms with Gasteiger partial charge in [-0.1, -0.05) is 17.7 Å². The first-order valence-electron chi connectivity index (χ1n) is 9.89. The molecule has 2 aromatic carbocycles. The van der Waals surface area contributed by atoms with Gasteiger partial charge in [0.05, 0.1) is 12.6 Å². The van der Waals surface area contributed by atoms with Crippen LogP contribution in [0.4, 0.5) is 10.6 Å². The number of carbonyl (C=O) groups is 1. The maximum absolute atomic E-state index is 12.6. The van der Waals surface area contributed by atoms with Gasteiger partial charge in [0.15, 0.2) is 5.82 Å². The number of aromatic nitrogens is 2. The van der Waals surface area contributed by atoms with E-state index in [1.165, 1.54) is 0 Å². The number of piperidine rings is 1. The van der Waals surface area contributed by atoms with Gasteiger partial charge >= 0.3 is 6.03 Å². The highest BCUT2D eigenvalue weighted by atomic mass is 16.5. The number of carbonyl (C=O) groups excluding carboxylic acids is 1. The van der Waals surface area contributed by atoms with Crippen molar-refractivity contribution in [1.29, 1.82) is 0 Å². The maximum Gasteiger partial charge on any atom is 0.323 e. The Balaban J connectivity index is 1.58. The van der Waals surface area contributed by atoms with Gasteiger partial charge in [0.2, 0.25) is 0 Å². The van der Waals surface area contributed by atoms with Gasteiger partial charge in [-0.25, -0.2) is 4.79 Å². The third kappa shape index (κ3) is 3.91. The fraction of sp³-hybridized carbons (Fsp3) is 0.364. The third-order valence-electron chi connectivity index (χ3n) is 5.52. The number of hydrogen-bond donors (Lipinski definition) is 3. The van der Waals surface area contributed by atoms with Crippen LogP contribution >= 0.6 is 0 Å². The molecule has 0 spiro atoms. The Morgan fingerprint density at radius 1 is 1.34 bits per heavy atom. The molecule has 0 aliphatic carbocycles. The molecule has 152 valence electrons. The minimum absolute atomic E-state index is 0.111. The van der Waals surface area contributed by atoms with E-state index in [1.807, 2.05) is 37.3 Å². The van der Waals surface area contributed by atoms with Crippen molar-refractivity contribution in [2.75, 3.05) is 32.1 Å². The van der Waals surface area contributed by atoms with Crippen molar-refractivity contribution in [2.45, 2.75) is 19.8 Å². The summed E-state index contributed by atoms with van der Waals surface area (Å²) in [6, 6.07) is 11.9. The lowest BCUT2D eigenvalue weighted by molar-refractivity contribution is 0.136. The van der Waals surface area contributed by atoms with Crippen LogP contribution in [0.15, 0.2) is 36.4 Å². The summed E-state index contributed by atoms with van der Waals surface area (Å²) in [4.78, 5) is 14.4. The number of aliphatic hydroxyl groups excluding tert-OH is 1. The van der Waals surface area contributed by atoms with Gasteiger partial charge in [-0.05, 0) is 55.5 Å². The summed E-state index contributed by atoms with van der Waals surface area (Å²) in [5, 5.41) is 20.5. The van der Waals surface area contributed by atoms with Gasteiger partial charge in [0.25, 0.3) is 0 Å². The summed E-state index contributed by atoms with van der Waals surface area (Å²) in [7, 11) is 1.67. The zero-order valence-electron chi connectivity index (χ0n) is 16.7. The molecule has 1 saturated heterocycles. The van der Waals surface area contributed by atoms with Crippen molar-refractivity contribution in [2.24, 2.45) is 5.92 Å². The molecule has 29 heavy (non-hydrogen) atoms. The Bertz CT molecular complexity index is 1030. The van der Waals surface area contributed by atoms with Crippen LogP contribution in [0.3, 0.4) is 0 Å². The minimum Gasteiger partial charge on any atom is -0.496 e. The van der Waals surface area contributed by atoms with Crippen molar-refractivity contribution in [3.63, 3.8) is 0 Å². The number of anilines is 1. The average molecular weight is 394 g/mol. The van der Waals surface area contributed by atoms with Gasteiger partial charge < -0.3 is 14.7 Å². The predicted octanol–water partition coefficient (Wildman–Crippen LogP) is 3.78. The maximum atomic E-state index is 12.6. The van der Waals surface area contributed by atoms with Crippen molar-refractivity contribution >= 4 is 22.8 Å². The molecule has 1 aliphatic rings. The molecule has 0 bridgehead atoms. The molecular formula is C22H26N4O3. The Kier molecular flexibility index (Phi) is 5.40. The van der Waals surface area contributed by atoms with Crippen LogP contribution < -0.4 is 10.1 Å². The molecule has 1 aliphatic heterocycles. The summed E-state index contributed by atoms with van der Waals surface area (Å²) < 4.78 is 5.50. The average Bonchev–Trinajstić information content (AvgIpc) is 3.15. The fourth-order valence-electron chi connectivity index (χ4n) is 3.91. The number of amides is 2. The second-order valence-corrected chi connectivity index (χ2v) is 7.60. The number of urea groups is 1. The Labute approximate surface area is 169 Å². The lowest BCUT2D eigenvalue weighted by atomic mass is 9.99. The molecule has 2 amide bonds.